The van der Waals surface area contributed by atoms with Gasteiger partial charge in [-0.15, -0.1) is 0 Å². The second-order valence-electron chi connectivity index (χ2n) is 4.25. The minimum absolute atomic E-state index is 0.0116. The van der Waals surface area contributed by atoms with Gasteiger partial charge in [-0.25, -0.2) is 0 Å². The molecule has 0 N–H and O–H groups in total. The van der Waals surface area contributed by atoms with Gasteiger partial charge in [0.1, 0.15) is 6.61 Å². The maximum absolute atomic E-state index is 11.9. The van der Waals surface area contributed by atoms with E-state index < -0.39 is 0 Å². The molecule has 0 heterocycles. The molecule has 0 saturated heterocycles. The summed E-state index contributed by atoms with van der Waals surface area (Å²) in [5, 5.41) is 0. The van der Waals surface area contributed by atoms with E-state index in [1.165, 1.54) is 0 Å². The molecule has 19 heavy (non-hydrogen) atoms. The van der Waals surface area contributed by atoms with Crippen LogP contribution in [0.25, 0.3) is 0 Å². The Morgan fingerprint density at radius 2 is 1.79 bits per heavy atom. The topological polar surface area (TPSA) is 44.8 Å². The molecule has 106 valence electrons. The van der Waals surface area contributed by atoms with E-state index in [0.29, 0.717) is 26.4 Å². The van der Waals surface area contributed by atoms with Crippen LogP contribution in [0.15, 0.2) is 24.3 Å². The first-order valence-corrected chi connectivity index (χ1v) is 6.49. The minimum atomic E-state index is 0.0116. The molecule has 0 saturated carbocycles. The van der Waals surface area contributed by atoms with Crippen molar-refractivity contribution < 1.29 is 19.0 Å². The molecule has 0 aliphatic carbocycles. The highest BCUT2D eigenvalue weighted by atomic mass is 16.5. The molecule has 0 aromatic heterocycles. The van der Waals surface area contributed by atoms with Crippen molar-refractivity contribution in [3.05, 3.63) is 35.4 Å². The van der Waals surface area contributed by atoms with E-state index in [2.05, 4.69) is 0 Å². The highest BCUT2D eigenvalue weighted by Gasteiger charge is 2.07. The lowest BCUT2D eigenvalue weighted by Gasteiger charge is -2.06. The molecule has 1 aromatic rings. The van der Waals surface area contributed by atoms with Crippen LogP contribution in [0.3, 0.4) is 0 Å². The monoisotopic (exact) mass is 266 g/mol. The van der Waals surface area contributed by atoms with E-state index in [1.54, 1.807) is 7.11 Å². The van der Waals surface area contributed by atoms with Gasteiger partial charge in [-0.2, -0.15) is 0 Å². The van der Waals surface area contributed by atoms with Gasteiger partial charge in [-0.05, 0) is 18.9 Å². The normalized spacial score (nSPS) is 10.6. The molecule has 0 aliphatic rings. The molecule has 0 fully saturated rings. The highest BCUT2D eigenvalue weighted by molar-refractivity contribution is 5.98. The second kappa shape index (κ2) is 9.67. The molecule has 1 aromatic carbocycles. The van der Waals surface area contributed by atoms with Crippen molar-refractivity contribution in [3.63, 3.8) is 0 Å². The summed E-state index contributed by atoms with van der Waals surface area (Å²) in [6.45, 7) is 4.32. The largest absolute Gasteiger partial charge is 0.385 e. The number of aryl methyl sites for hydroxylation is 1. The molecule has 0 spiro atoms. The van der Waals surface area contributed by atoms with E-state index in [1.807, 2.05) is 31.2 Å². The Bertz CT molecular complexity index is 376. The number of carbonyl (C=O) groups excluding carboxylic acids is 1. The number of carbonyl (C=O) groups is 1. The van der Waals surface area contributed by atoms with Gasteiger partial charge in [-0.3, -0.25) is 4.79 Å². The molecule has 4 heteroatoms. The van der Waals surface area contributed by atoms with E-state index in [9.17, 15) is 4.79 Å². The van der Waals surface area contributed by atoms with Crippen LogP contribution in [0.2, 0.25) is 0 Å². The Balaban J connectivity index is 2.10. The molecule has 0 aliphatic heterocycles. The average Bonchev–Trinajstić information content (AvgIpc) is 2.42. The fraction of sp³-hybridized carbons (Fsp3) is 0.533. The first kappa shape index (κ1) is 15.8. The SMILES string of the molecule is COCCCOCCOCC(=O)c1ccccc1C. The summed E-state index contributed by atoms with van der Waals surface area (Å²) in [4.78, 5) is 11.9. The molecular formula is C15H22O4. The zero-order chi connectivity index (χ0) is 13.9. The number of Topliss-reactive ketones (excluding diaryl/α,β-unsaturated/α-hetero) is 1. The second-order valence-corrected chi connectivity index (χ2v) is 4.25. The Morgan fingerprint density at radius 3 is 2.53 bits per heavy atom. The minimum Gasteiger partial charge on any atom is -0.385 e. The van der Waals surface area contributed by atoms with E-state index in [4.69, 9.17) is 14.2 Å². The fourth-order valence-electron chi connectivity index (χ4n) is 1.65. The quantitative estimate of drug-likeness (QED) is 0.481. The maximum atomic E-state index is 11.9. The van der Waals surface area contributed by atoms with Gasteiger partial charge in [0.05, 0.1) is 13.2 Å². The van der Waals surface area contributed by atoms with Crippen LogP contribution in [0.4, 0.5) is 0 Å². The fourth-order valence-corrected chi connectivity index (χ4v) is 1.65. The summed E-state index contributed by atoms with van der Waals surface area (Å²) >= 11 is 0. The first-order valence-electron chi connectivity index (χ1n) is 6.49. The van der Waals surface area contributed by atoms with Gasteiger partial charge >= 0.3 is 0 Å². The molecule has 1 rings (SSSR count). The van der Waals surface area contributed by atoms with Gasteiger partial charge < -0.3 is 14.2 Å². The lowest BCUT2D eigenvalue weighted by Crippen LogP contribution is -2.14. The van der Waals surface area contributed by atoms with Crippen molar-refractivity contribution in [2.75, 3.05) is 40.1 Å². The number of rotatable bonds is 10. The van der Waals surface area contributed by atoms with Crippen molar-refractivity contribution in [1.29, 1.82) is 0 Å². The third kappa shape index (κ3) is 6.47. The summed E-state index contributed by atoms with van der Waals surface area (Å²) in [6, 6.07) is 7.52. The standard InChI is InChI=1S/C15H22O4/c1-13-6-3-4-7-14(13)15(16)12-19-11-10-18-9-5-8-17-2/h3-4,6-7H,5,8-12H2,1-2H3. The van der Waals surface area contributed by atoms with Gasteiger partial charge in [0, 0.05) is 25.9 Å². The number of hydrogen-bond acceptors (Lipinski definition) is 4. The third-order valence-electron chi connectivity index (χ3n) is 2.69. The van der Waals surface area contributed by atoms with Crippen molar-refractivity contribution >= 4 is 5.78 Å². The molecule has 0 unspecified atom stereocenters. The molecule has 0 amide bonds. The lowest BCUT2D eigenvalue weighted by molar-refractivity contribution is 0.0382. The Labute approximate surface area is 114 Å². The van der Waals surface area contributed by atoms with Crippen LogP contribution < -0.4 is 0 Å². The number of ketones is 1. The van der Waals surface area contributed by atoms with Crippen molar-refractivity contribution in [3.8, 4) is 0 Å². The number of methoxy groups -OCH3 is 1. The number of benzene rings is 1. The smallest absolute Gasteiger partial charge is 0.188 e. The van der Waals surface area contributed by atoms with Crippen LogP contribution in [0.5, 0.6) is 0 Å². The Hall–Kier alpha value is -1.23. The van der Waals surface area contributed by atoms with Crippen LogP contribution in [0.1, 0.15) is 22.3 Å². The molecule has 0 bridgehead atoms. The van der Waals surface area contributed by atoms with Gasteiger partial charge in [0.25, 0.3) is 0 Å². The molecule has 0 radical (unpaired) electrons. The first-order chi connectivity index (χ1) is 9.25. The molecule has 4 nitrogen and oxygen atoms in total. The van der Waals surface area contributed by atoms with Crippen molar-refractivity contribution in [2.45, 2.75) is 13.3 Å². The number of ether oxygens (including phenoxy) is 3. The summed E-state index contributed by atoms with van der Waals surface area (Å²) in [7, 11) is 1.67. The van der Waals surface area contributed by atoms with Gasteiger partial charge in [0.15, 0.2) is 5.78 Å². The molecule has 0 atom stereocenters. The van der Waals surface area contributed by atoms with Gasteiger partial charge in [0.2, 0.25) is 0 Å². The Morgan fingerprint density at radius 1 is 1.05 bits per heavy atom. The van der Waals surface area contributed by atoms with Crippen LogP contribution in [-0.4, -0.2) is 45.9 Å². The summed E-state index contributed by atoms with van der Waals surface area (Å²) < 4.78 is 15.5. The van der Waals surface area contributed by atoms with Crippen LogP contribution in [0, 0.1) is 6.92 Å². The zero-order valence-electron chi connectivity index (χ0n) is 11.7. The van der Waals surface area contributed by atoms with Crippen LogP contribution >= 0.6 is 0 Å². The van der Waals surface area contributed by atoms with E-state index >= 15 is 0 Å². The zero-order valence-corrected chi connectivity index (χ0v) is 11.7. The highest BCUT2D eigenvalue weighted by Crippen LogP contribution is 2.07. The van der Waals surface area contributed by atoms with Gasteiger partial charge in [-0.1, -0.05) is 24.3 Å². The summed E-state index contributed by atoms with van der Waals surface area (Å²) in [5.41, 5.74) is 1.70. The van der Waals surface area contributed by atoms with Crippen LogP contribution in [-0.2, 0) is 14.2 Å². The van der Waals surface area contributed by atoms with Crippen molar-refractivity contribution in [2.24, 2.45) is 0 Å². The van der Waals surface area contributed by atoms with E-state index in [-0.39, 0.29) is 12.4 Å². The predicted molar refractivity (Wildman–Crippen MR) is 73.6 cm³/mol. The lowest BCUT2D eigenvalue weighted by atomic mass is 10.1. The summed E-state index contributed by atoms with van der Waals surface area (Å²) in [6.07, 6.45) is 0.874. The number of hydrogen-bond donors (Lipinski definition) is 0. The molecular weight excluding hydrogens is 244 g/mol. The maximum Gasteiger partial charge on any atom is 0.188 e. The van der Waals surface area contributed by atoms with E-state index in [0.717, 1.165) is 17.5 Å². The summed E-state index contributed by atoms with van der Waals surface area (Å²) in [5.74, 6) is 0.0116. The average molecular weight is 266 g/mol. The van der Waals surface area contributed by atoms with Crippen molar-refractivity contribution in [1.82, 2.24) is 0 Å². The third-order valence-corrected chi connectivity index (χ3v) is 2.69. The Kier molecular flexibility index (Phi) is 8.05. The predicted octanol–water partition coefficient (Wildman–Crippen LogP) is 2.25.